The molecule has 12 heteroatoms. The molecule has 4 heterocycles. The van der Waals surface area contributed by atoms with Crippen molar-refractivity contribution < 1.29 is 24.4 Å². The third-order valence-corrected chi connectivity index (χ3v) is 4.59. The van der Waals surface area contributed by atoms with Gasteiger partial charge < -0.3 is 30.6 Å². The Balaban J connectivity index is 0.000000211. The van der Waals surface area contributed by atoms with Crippen LogP contribution in [0, 0.1) is 10.1 Å². The molecule has 2 aromatic heterocycles. The van der Waals surface area contributed by atoms with Gasteiger partial charge in [-0.2, -0.15) is 0 Å². The Bertz CT molecular complexity index is 865. The first kappa shape index (κ1) is 19.1. The number of hydrogen-bond donors (Lipinski definition) is 2. The quantitative estimate of drug-likeness (QED) is 0.563. The number of carbonyl (C=O) groups is 2. The summed E-state index contributed by atoms with van der Waals surface area (Å²) < 4.78 is 7.34. The normalized spacial score (nSPS) is 16.5. The van der Waals surface area contributed by atoms with Gasteiger partial charge in [-0.15, -0.1) is 0 Å². The highest BCUT2D eigenvalue weighted by Gasteiger charge is 2.46. The minimum atomic E-state index is -0.929. The first-order valence-electron chi connectivity index (χ1n) is 8.38. The number of rotatable bonds is 2. The van der Waals surface area contributed by atoms with Crippen LogP contribution >= 0.6 is 0 Å². The number of ether oxygens (including phenoxy) is 1. The summed E-state index contributed by atoms with van der Waals surface area (Å²) in [5, 5.41) is 19.5. The van der Waals surface area contributed by atoms with Gasteiger partial charge >= 0.3 is 17.9 Å². The van der Waals surface area contributed by atoms with Gasteiger partial charge in [-0.3, -0.25) is 14.3 Å². The van der Waals surface area contributed by atoms with E-state index in [1.807, 2.05) is 0 Å². The summed E-state index contributed by atoms with van der Waals surface area (Å²) in [6.45, 7) is 1.29. The van der Waals surface area contributed by atoms with E-state index < -0.39 is 22.5 Å². The molecule has 12 nitrogen and oxygen atoms in total. The predicted molar refractivity (Wildman–Crippen MR) is 93.8 cm³/mol. The van der Waals surface area contributed by atoms with E-state index in [0.29, 0.717) is 38.0 Å². The Morgan fingerprint density at radius 1 is 1.29 bits per heavy atom. The SMILES string of the molecule is NC(=O)c1ccncc1.O=C(O)N1CCC2(CC1)Cn1cc([N+](=O)[O-])nc1O2. The molecular weight excluding hydrogens is 372 g/mol. The third-order valence-electron chi connectivity index (χ3n) is 4.59. The molecule has 0 unspecified atom stereocenters. The molecule has 0 radical (unpaired) electrons. The minimum absolute atomic E-state index is 0.229. The number of amides is 2. The molecule has 2 aliphatic rings. The fourth-order valence-corrected chi connectivity index (χ4v) is 3.09. The highest BCUT2D eigenvalue weighted by atomic mass is 16.6. The van der Waals surface area contributed by atoms with Crippen molar-refractivity contribution >= 4 is 17.8 Å². The van der Waals surface area contributed by atoms with Crippen LogP contribution in [0.15, 0.2) is 30.7 Å². The van der Waals surface area contributed by atoms with Gasteiger partial charge in [-0.1, -0.05) is 0 Å². The maximum Gasteiger partial charge on any atom is 0.415 e. The van der Waals surface area contributed by atoms with Gasteiger partial charge in [0, 0.05) is 48.9 Å². The molecule has 0 bridgehead atoms. The highest BCUT2D eigenvalue weighted by Crippen LogP contribution is 2.37. The molecule has 2 amide bonds. The van der Waals surface area contributed by atoms with Crippen molar-refractivity contribution in [2.75, 3.05) is 13.1 Å². The lowest BCUT2D eigenvalue weighted by molar-refractivity contribution is -0.389. The number of nitrogens with two attached hydrogens (primary N) is 1. The number of pyridine rings is 1. The lowest BCUT2D eigenvalue weighted by Crippen LogP contribution is -2.49. The van der Waals surface area contributed by atoms with Crippen LogP contribution < -0.4 is 10.5 Å². The fourth-order valence-electron chi connectivity index (χ4n) is 3.09. The molecule has 148 valence electrons. The molecule has 0 saturated carbocycles. The lowest BCUT2D eigenvalue weighted by Gasteiger charge is -2.36. The molecular formula is C16H18N6O6. The first-order valence-corrected chi connectivity index (χ1v) is 8.38. The maximum atomic E-state index is 10.8. The number of likely N-dealkylation sites (tertiary alicyclic amines) is 1. The number of imidazole rings is 1. The number of carbonyl (C=O) groups excluding carboxylic acids is 1. The molecule has 2 aromatic rings. The van der Waals surface area contributed by atoms with Gasteiger partial charge in [0.15, 0.2) is 0 Å². The number of aromatic nitrogens is 3. The predicted octanol–water partition coefficient (Wildman–Crippen LogP) is 0.877. The zero-order chi connectivity index (χ0) is 20.3. The van der Waals surface area contributed by atoms with E-state index in [1.165, 1.54) is 23.5 Å². The van der Waals surface area contributed by atoms with Crippen molar-refractivity contribution in [3.8, 4) is 6.01 Å². The second kappa shape index (κ2) is 7.50. The molecule has 0 aliphatic carbocycles. The minimum Gasteiger partial charge on any atom is -0.465 e. The molecule has 2 aliphatic heterocycles. The zero-order valence-electron chi connectivity index (χ0n) is 14.7. The van der Waals surface area contributed by atoms with Crippen molar-refractivity contribution in [2.24, 2.45) is 5.73 Å². The van der Waals surface area contributed by atoms with Crippen LogP contribution in [0.3, 0.4) is 0 Å². The molecule has 1 spiro atoms. The molecule has 28 heavy (non-hydrogen) atoms. The summed E-state index contributed by atoms with van der Waals surface area (Å²) in [6.07, 6.45) is 4.61. The molecule has 0 aromatic carbocycles. The van der Waals surface area contributed by atoms with E-state index in [4.69, 9.17) is 15.6 Å². The van der Waals surface area contributed by atoms with Crippen molar-refractivity contribution in [1.82, 2.24) is 19.4 Å². The van der Waals surface area contributed by atoms with E-state index in [1.54, 1.807) is 16.7 Å². The number of primary amides is 1. The van der Waals surface area contributed by atoms with Crippen molar-refractivity contribution in [3.63, 3.8) is 0 Å². The topological polar surface area (TPSA) is 167 Å². The summed E-state index contributed by atoms with van der Waals surface area (Å²) in [5.74, 6) is -0.648. The number of nitro groups is 1. The van der Waals surface area contributed by atoms with Gasteiger partial charge in [0.2, 0.25) is 5.91 Å². The van der Waals surface area contributed by atoms with E-state index in [9.17, 15) is 19.7 Å². The molecule has 3 N–H and O–H groups in total. The Morgan fingerprint density at radius 3 is 2.39 bits per heavy atom. The summed E-state index contributed by atoms with van der Waals surface area (Å²) >= 11 is 0. The van der Waals surface area contributed by atoms with Crippen LogP contribution in [0.5, 0.6) is 6.01 Å². The third kappa shape index (κ3) is 4.00. The largest absolute Gasteiger partial charge is 0.465 e. The summed E-state index contributed by atoms with van der Waals surface area (Å²) in [7, 11) is 0. The van der Waals surface area contributed by atoms with Crippen LogP contribution in [-0.2, 0) is 6.54 Å². The monoisotopic (exact) mass is 390 g/mol. The van der Waals surface area contributed by atoms with E-state index in [0.717, 1.165) is 0 Å². The highest BCUT2D eigenvalue weighted by molar-refractivity contribution is 5.92. The average Bonchev–Trinajstić information content (AvgIpc) is 3.19. The Morgan fingerprint density at radius 2 is 1.93 bits per heavy atom. The second-order valence-corrected chi connectivity index (χ2v) is 6.42. The van der Waals surface area contributed by atoms with E-state index in [2.05, 4.69) is 9.97 Å². The van der Waals surface area contributed by atoms with Gasteiger partial charge in [0.1, 0.15) is 11.8 Å². The van der Waals surface area contributed by atoms with Gasteiger partial charge in [0.05, 0.1) is 6.54 Å². The Kier molecular flexibility index (Phi) is 5.11. The number of piperidine rings is 1. The summed E-state index contributed by atoms with van der Waals surface area (Å²) in [6, 6.07) is 3.39. The van der Waals surface area contributed by atoms with Gasteiger partial charge in [-0.25, -0.2) is 4.79 Å². The van der Waals surface area contributed by atoms with E-state index in [-0.39, 0.29) is 11.8 Å². The number of hydrogen-bond acceptors (Lipinski definition) is 7. The standard InChI is InChI=1S/C10H12N4O5.C6H6N2O/c15-9(16)12-3-1-10(2-4-12)6-13-5-7(14(17)18)11-8(13)19-10;7-6(9)5-1-3-8-4-2-5/h5H,1-4,6H2,(H,15,16);1-4H,(H2,7,9). The number of fused-ring (bicyclic) bond motifs is 1. The summed E-state index contributed by atoms with van der Waals surface area (Å²) in [5.41, 5.74) is 4.97. The number of nitrogens with zero attached hydrogens (tertiary/aromatic N) is 5. The Labute approximate surface area is 158 Å². The Hall–Kier alpha value is -3.70. The smallest absolute Gasteiger partial charge is 0.415 e. The van der Waals surface area contributed by atoms with Crippen LogP contribution in [-0.4, -0.2) is 60.2 Å². The number of carboxylic acid groups (broad SMARTS) is 1. The van der Waals surface area contributed by atoms with Crippen LogP contribution in [0.1, 0.15) is 23.2 Å². The fraction of sp³-hybridized carbons (Fsp3) is 0.375. The zero-order valence-corrected chi connectivity index (χ0v) is 14.7. The van der Waals surface area contributed by atoms with Crippen LogP contribution in [0.25, 0.3) is 0 Å². The van der Waals surface area contributed by atoms with Gasteiger partial charge in [0.25, 0.3) is 0 Å². The molecule has 1 saturated heterocycles. The summed E-state index contributed by atoms with van der Waals surface area (Å²) in [4.78, 5) is 40.1. The van der Waals surface area contributed by atoms with Crippen molar-refractivity contribution in [3.05, 3.63) is 46.4 Å². The average molecular weight is 390 g/mol. The molecule has 1 fully saturated rings. The van der Waals surface area contributed by atoms with Crippen LogP contribution in [0.2, 0.25) is 0 Å². The molecule has 0 atom stereocenters. The lowest BCUT2D eigenvalue weighted by atomic mass is 9.92. The van der Waals surface area contributed by atoms with Crippen molar-refractivity contribution in [2.45, 2.75) is 25.0 Å². The van der Waals surface area contributed by atoms with Crippen molar-refractivity contribution in [1.29, 1.82) is 0 Å². The van der Waals surface area contributed by atoms with Gasteiger partial charge in [-0.05, 0) is 17.1 Å². The molecule has 4 rings (SSSR count). The maximum absolute atomic E-state index is 10.8. The first-order chi connectivity index (χ1) is 13.3. The second-order valence-electron chi connectivity index (χ2n) is 6.42. The van der Waals surface area contributed by atoms with E-state index >= 15 is 0 Å². The van der Waals surface area contributed by atoms with Crippen LogP contribution in [0.4, 0.5) is 10.6 Å².